The van der Waals surface area contributed by atoms with Crippen molar-refractivity contribution in [3.63, 3.8) is 0 Å². The zero-order valence-corrected chi connectivity index (χ0v) is 24.5. The molecule has 0 saturated carbocycles. The number of aromatic nitrogens is 5. The molecule has 3 aromatic heterocycles. The van der Waals surface area contributed by atoms with Crippen molar-refractivity contribution in [1.29, 1.82) is 0 Å². The van der Waals surface area contributed by atoms with Gasteiger partial charge in [-0.15, -0.1) is 0 Å². The summed E-state index contributed by atoms with van der Waals surface area (Å²) in [5, 5.41) is 6.04. The quantitative estimate of drug-likeness (QED) is 0.317. The van der Waals surface area contributed by atoms with Gasteiger partial charge in [-0.2, -0.15) is 4.31 Å². The second-order valence-electron chi connectivity index (χ2n) is 10.2. The number of nitrogens with zero attached hydrogens (tertiary/aromatic N) is 7. The van der Waals surface area contributed by atoms with Crippen LogP contribution in [0.15, 0.2) is 71.9 Å². The first-order valence-corrected chi connectivity index (χ1v) is 15.1. The van der Waals surface area contributed by atoms with Crippen molar-refractivity contribution in [1.82, 2.24) is 39.4 Å². The summed E-state index contributed by atoms with van der Waals surface area (Å²) in [4.78, 5) is 36.4. The molecular weight excluding hydrogens is 554 g/mol. The zero-order chi connectivity index (χ0) is 29.7. The molecular formula is C29H33N9O3S. The molecule has 1 saturated heterocycles. The fourth-order valence-electron chi connectivity index (χ4n) is 4.49. The van der Waals surface area contributed by atoms with E-state index in [4.69, 9.17) is 0 Å². The van der Waals surface area contributed by atoms with E-state index in [1.807, 2.05) is 39.0 Å². The lowest BCUT2D eigenvalue weighted by Crippen LogP contribution is -2.53. The number of hydrogen-bond donors (Lipinski definition) is 2. The number of urea groups is 1. The number of nitrogens with one attached hydrogen (secondary N) is 2. The minimum absolute atomic E-state index is 0.0238. The molecule has 5 rings (SSSR count). The van der Waals surface area contributed by atoms with Crippen molar-refractivity contribution in [3.05, 3.63) is 84.1 Å². The summed E-state index contributed by atoms with van der Waals surface area (Å²) < 4.78 is 27.9. The highest BCUT2D eigenvalue weighted by molar-refractivity contribution is 7.89. The normalized spacial score (nSPS) is 14.1. The molecule has 0 unspecified atom stereocenters. The van der Waals surface area contributed by atoms with E-state index < -0.39 is 10.0 Å². The predicted molar refractivity (Wildman–Crippen MR) is 159 cm³/mol. The van der Waals surface area contributed by atoms with E-state index in [0.717, 1.165) is 11.3 Å². The van der Waals surface area contributed by atoms with Crippen LogP contribution in [0.3, 0.4) is 0 Å². The first-order chi connectivity index (χ1) is 20.2. The number of amides is 2. The number of carbonyl (C=O) groups excluding carboxylic acids is 1. The second-order valence-corrected chi connectivity index (χ2v) is 12.2. The zero-order valence-electron chi connectivity index (χ0n) is 23.7. The molecule has 0 radical (unpaired) electrons. The van der Waals surface area contributed by atoms with Gasteiger partial charge in [0, 0.05) is 56.7 Å². The Morgan fingerprint density at radius 2 is 1.57 bits per heavy atom. The number of sulfonamides is 1. The molecule has 1 aliphatic rings. The maximum Gasteiger partial charge on any atom is 0.317 e. The third kappa shape index (κ3) is 7.04. The standard InChI is InChI=1S/C29H33N9O3S/c1-20(2)32-29(39)37-15-17-38(18-16-37)42(40,41)23-9-7-22(8-10-23)19-27-30-13-11-25(35-27)34-26-12-14-31-28(36-26)24-6-4-5-21(3)33-24/h4-14,20H,15-19H2,1-3H3,(H,32,39)(H,30,31,34,35,36). The van der Waals surface area contributed by atoms with Crippen LogP contribution in [0, 0.1) is 6.92 Å². The first-order valence-electron chi connectivity index (χ1n) is 13.7. The van der Waals surface area contributed by atoms with Crippen molar-refractivity contribution in [2.75, 3.05) is 31.5 Å². The van der Waals surface area contributed by atoms with E-state index in [9.17, 15) is 13.2 Å². The number of anilines is 2. The van der Waals surface area contributed by atoms with Gasteiger partial charge >= 0.3 is 6.03 Å². The molecule has 0 atom stereocenters. The predicted octanol–water partition coefficient (Wildman–Crippen LogP) is 3.40. The van der Waals surface area contributed by atoms with E-state index in [2.05, 4.69) is 35.6 Å². The largest absolute Gasteiger partial charge is 0.336 e. The van der Waals surface area contributed by atoms with E-state index in [1.54, 1.807) is 53.7 Å². The molecule has 218 valence electrons. The Kier molecular flexibility index (Phi) is 8.69. The molecule has 13 heteroatoms. The Hall–Kier alpha value is -4.49. The highest BCUT2D eigenvalue weighted by atomic mass is 32.2. The molecule has 0 bridgehead atoms. The fraction of sp³-hybridized carbons (Fsp3) is 0.310. The fourth-order valence-corrected chi connectivity index (χ4v) is 5.91. The van der Waals surface area contributed by atoms with Crippen molar-refractivity contribution < 1.29 is 13.2 Å². The number of aryl methyl sites for hydroxylation is 1. The lowest BCUT2D eigenvalue weighted by molar-refractivity contribution is 0.170. The lowest BCUT2D eigenvalue weighted by atomic mass is 10.1. The molecule has 1 aliphatic heterocycles. The molecule has 4 aromatic rings. The number of hydrogen-bond acceptors (Lipinski definition) is 9. The summed E-state index contributed by atoms with van der Waals surface area (Å²) in [7, 11) is -3.67. The van der Waals surface area contributed by atoms with Crippen LogP contribution in [-0.4, -0.2) is 80.8 Å². The number of carbonyl (C=O) groups is 1. The second kappa shape index (κ2) is 12.6. The molecule has 0 aliphatic carbocycles. The molecule has 0 spiro atoms. The minimum Gasteiger partial charge on any atom is -0.336 e. The highest BCUT2D eigenvalue weighted by Crippen LogP contribution is 2.21. The van der Waals surface area contributed by atoms with Gasteiger partial charge < -0.3 is 15.5 Å². The van der Waals surface area contributed by atoms with Crippen LogP contribution in [0.2, 0.25) is 0 Å². The van der Waals surface area contributed by atoms with Crippen LogP contribution in [0.5, 0.6) is 0 Å². The van der Waals surface area contributed by atoms with E-state index >= 15 is 0 Å². The number of piperazine rings is 1. The molecule has 12 nitrogen and oxygen atoms in total. The van der Waals surface area contributed by atoms with Crippen molar-refractivity contribution in [3.8, 4) is 11.5 Å². The van der Waals surface area contributed by atoms with Crippen LogP contribution in [0.25, 0.3) is 11.5 Å². The van der Waals surface area contributed by atoms with E-state index in [1.165, 1.54) is 4.31 Å². The summed E-state index contributed by atoms with van der Waals surface area (Å²) in [5.74, 6) is 2.22. The number of benzene rings is 1. The monoisotopic (exact) mass is 587 g/mol. The lowest BCUT2D eigenvalue weighted by Gasteiger charge is -2.34. The van der Waals surface area contributed by atoms with E-state index in [0.29, 0.717) is 48.5 Å². The van der Waals surface area contributed by atoms with Gasteiger partial charge in [0.15, 0.2) is 5.82 Å². The van der Waals surface area contributed by atoms with Crippen molar-refractivity contribution in [2.24, 2.45) is 0 Å². The van der Waals surface area contributed by atoms with Crippen LogP contribution in [-0.2, 0) is 16.4 Å². The van der Waals surface area contributed by atoms with Crippen LogP contribution >= 0.6 is 0 Å². The maximum absolute atomic E-state index is 13.2. The Balaban J connectivity index is 1.21. The highest BCUT2D eigenvalue weighted by Gasteiger charge is 2.30. The summed E-state index contributed by atoms with van der Waals surface area (Å²) in [6.07, 6.45) is 3.74. The van der Waals surface area contributed by atoms with Gasteiger partial charge in [-0.3, -0.25) is 0 Å². The molecule has 42 heavy (non-hydrogen) atoms. The Bertz CT molecular complexity index is 1660. The third-order valence-electron chi connectivity index (χ3n) is 6.60. The Labute approximate surface area is 245 Å². The smallest absolute Gasteiger partial charge is 0.317 e. The van der Waals surface area contributed by atoms with Gasteiger partial charge in [0.05, 0.1) is 4.90 Å². The maximum atomic E-state index is 13.2. The van der Waals surface area contributed by atoms with Gasteiger partial charge in [-0.1, -0.05) is 18.2 Å². The van der Waals surface area contributed by atoms with Gasteiger partial charge in [-0.05, 0) is 62.7 Å². The Morgan fingerprint density at radius 3 is 2.26 bits per heavy atom. The van der Waals surface area contributed by atoms with Crippen molar-refractivity contribution >= 4 is 27.7 Å². The summed E-state index contributed by atoms with van der Waals surface area (Å²) >= 11 is 0. The summed E-state index contributed by atoms with van der Waals surface area (Å²) in [6, 6.07) is 15.8. The summed E-state index contributed by atoms with van der Waals surface area (Å²) in [5.41, 5.74) is 2.44. The molecule has 1 fully saturated rings. The topological polar surface area (TPSA) is 146 Å². The third-order valence-corrected chi connectivity index (χ3v) is 8.51. The molecule has 2 N–H and O–H groups in total. The summed E-state index contributed by atoms with van der Waals surface area (Å²) in [6.45, 7) is 6.88. The van der Waals surface area contributed by atoms with Gasteiger partial charge in [-0.25, -0.2) is 38.1 Å². The number of pyridine rings is 1. The van der Waals surface area contributed by atoms with Crippen LogP contribution in [0.1, 0.15) is 30.9 Å². The van der Waals surface area contributed by atoms with E-state index in [-0.39, 0.29) is 30.1 Å². The average Bonchev–Trinajstić information content (AvgIpc) is 2.97. The Morgan fingerprint density at radius 1 is 0.881 bits per heavy atom. The number of rotatable bonds is 8. The van der Waals surface area contributed by atoms with Gasteiger partial charge in [0.1, 0.15) is 23.2 Å². The molecule has 1 aromatic carbocycles. The van der Waals surface area contributed by atoms with Crippen molar-refractivity contribution in [2.45, 2.75) is 38.1 Å². The van der Waals surface area contributed by atoms with Crippen LogP contribution in [0.4, 0.5) is 16.4 Å². The molecule has 2 amide bonds. The SMILES string of the molecule is Cc1cccc(-c2nccc(Nc3ccnc(Cc4ccc(S(=O)(=O)N5CCN(C(=O)NC(C)C)CC5)cc4)n3)n2)n1. The molecule has 4 heterocycles. The van der Waals surface area contributed by atoms with Gasteiger partial charge in [0.2, 0.25) is 10.0 Å². The van der Waals surface area contributed by atoms with Crippen LogP contribution < -0.4 is 10.6 Å². The average molecular weight is 588 g/mol. The minimum atomic E-state index is -3.67. The first kappa shape index (κ1) is 29.0. The van der Waals surface area contributed by atoms with Gasteiger partial charge in [0.25, 0.3) is 0 Å².